The quantitative estimate of drug-likeness (QED) is 0.875. The van der Waals surface area contributed by atoms with Gasteiger partial charge in [0.25, 0.3) is 0 Å². The van der Waals surface area contributed by atoms with Crippen LogP contribution in [-0.4, -0.2) is 26.0 Å². The molecule has 2 heterocycles. The molecule has 0 aliphatic heterocycles. The molecule has 1 saturated carbocycles. The van der Waals surface area contributed by atoms with Crippen molar-refractivity contribution in [2.75, 3.05) is 0 Å². The van der Waals surface area contributed by atoms with E-state index in [9.17, 15) is 0 Å². The number of H-pyrrole nitrogens is 1. The van der Waals surface area contributed by atoms with Crippen LogP contribution in [0.3, 0.4) is 0 Å². The normalized spacial score (nSPS) is 26.4. The number of nitrogens with zero attached hydrogens (tertiary/aromatic N) is 3. The lowest BCUT2D eigenvalue weighted by Crippen LogP contribution is -2.36. The second kappa shape index (κ2) is 5.79. The molecule has 2 aromatic rings. The smallest absolute Gasteiger partial charge is 0.244 e. The van der Waals surface area contributed by atoms with E-state index in [1.807, 2.05) is 0 Å². The average molecular weight is 309 g/mol. The summed E-state index contributed by atoms with van der Waals surface area (Å²) in [5.41, 5.74) is 1.27. The van der Waals surface area contributed by atoms with Crippen LogP contribution in [0.4, 0.5) is 0 Å². The van der Waals surface area contributed by atoms with Gasteiger partial charge in [0, 0.05) is 0 Å². The van der Waals surface area contributed by atoms with Crippen molar-refractivity contribution in [2.45, 2.75) is 46.1 Å². The van der Waals surface area contributed by atoms with E-state index in [2.05, 4.69) is 40.7 Å². The Bertz CT molecular complexity index is 627. The summed E-state index contributed by atoms with van der Waals surface area (Å²) in [6, 6.07) is 0. The van der Waals surface area contributed by atoms with Crippen LogP contribution < -0.4 is 4.74 Å². The largest absolute Gasteiger partial charge is 0.472 e. The number of imidazole rings is 1. The molecule has 0 radical (unpaired) electrons. The van der Waals surface area contributed by atoms with Gasteiger partial charge < -0.3 is 9.72 Å². The van der Waals surface area contributed by atoms with Crippen LogP contribution in [-0.2, 0) is 0 Å². The Morgan fingerprint density at radius 3 is 2.90 bits per heavy atom. The van der Waals surface area contributed by atoms with Gasteiger partial charge in [-0.2, -0.15) is 9.97 Å². The highest BCUT2D eigenvalue weighted by Gasteiger charge is 2.33. The summed E-state index contributed by atoms with van der Waals surface area (Å²) < 4.78 is 6.25. The molecule has 0 bridgehead atoms. The summed E-state index contributed by atoms with van der Waals surface area (Å²) in [5, 5.41) is 0.176. The van der Waals surface area contributed by atoms with Gasteiger partial charge >= 0.3 is 0 Å². The zero-order valence-corrected chi connectivity index (χ0v) is 13.4. The molecular formula is C15H21ClN4O. The van der Waals surface area contributed by atoms with E-state index < -0.39 is 0 Å². The molecule has 3 rings (SSSR count). The third-order valence-corrected chi connectivity index (χ3v) is 4.62. The summed E-state index contributed by atoms with van der Waals surface area (Å²) in [4.78, 5) is 15.5. The van der Waals surface area contributed by atoms with Gasteiger partial charge in [-0.3, -0.25) is 0 Å². The van der Waals surface area contributed by atoms with E-state index in [-0.39, 0.29) is 11.4 Å². The first-order valence-corrected chi connectivity index (χ1v) is 7.95. The Labute approximate surface area is 129 Å². The van der Waals surface area contributed by atoms with Gasteiger partial charge in [-0.25, -0.2) is 4.98 Å². The molecular weight excluding hydrogens is 288 g/mol. The molecule has 0 aromatic carbocycles. The molecule has 5 nitrogen and oxygen atoms in total. The first kappa shape index (κ1) is 14.6. The van der Waals surface area contributed by atoms with Crippen molar-refractivity contribution >= 4 is 22.8 Å². The summed E-state index contributed by atoms with van der Waals surface area (Å²) >= 11 is 5.97. The zero-order valence-electron chi connectivity index (χ0n) is 12.6. The van der Waals surface area contributed by atoms with Crippen LogP contribution in [0, 0.1) is 17.8 Å². The minimum Gasteiger partial charge on any atom is -0.472 e. The summed E-state index contributed by atoms with van der Waals surface area (Å²) in [6.45, 7) is 6.80. The molecule has 0 amide bonds. The topological polar surface area (TPSA) is 63.7 Å². The maximum atomic E-state index is 6.25. The lowest BCUT2D eigenvalue weighted by molar-refractivity contribution is 0.0437. The molecule has 1 aliphatic carbocycles. The van der Waals surface area contributed by atoms with Gasteiger partial charge in [0.15, 0.2) is 5.65 Å². The third kappa shape index (κ3) is 2.98. The molecule has 0 spiro atoms. The zero-order chi connectivity index (χ0) is 15.0. The monoisotopic (exact) mass is 308 g/mol. The number of halogens is 1. The number of aromatic nitrogens is 4. The lowest BCUT2D eigenvalue weighted by Gasteiger charge is -2.37. The van der Waals surface area contributed by atoms with Gasteiger partial charge in [-0.15, -0.1) is 0 Å². The number of ether oxygens (including phenoxy) is 1. The average Bonchev–Trinajstić information content (AvgIpc) is 2.86. The fraction of sp³-hybridized carbons (Fsp3) is 0.667. The summed E-state index contributed by atoms with van der Waals surface area (Å²) in [6.07, 6.45) is 5.29. The number of nitrogens with one attached hydrogen (secondary N) is 1. The Kier molecular flexibility index (Phi) is 4.02. The maximum absolute atomic E-state index is 6.25. The number of fused-ring (bicyclic) bond motifs is 1. The van der Waals surface area contributed by atoms with Crippen LogP contribution in [0.15, 0.2) is 6.33 Å². The molecule has 1 N–H and O–H groups in total. The van der Waals surface area contributed by atoms with Crippen molar-refractivity contribution in [3.8, 4) is 5.88 Å². The van der Waals surface area contributed by atoms with Crippen molar-refractivity contribution in [3.63, 3.8) is 0 Å². The van der Waals surface area contributed by atoms with Crippen LogP contribution in [0.25, 0.3) is 11.2 Å². The maximum Gasteiger partial charge on any atom is 0.244 e. The predicted molar refractivity (Wildman–Crippen MR) is 82.5 cm³/mol. The highest BCUT2D eigenvalue weighted by Crippen LogP contribution is 2.36. The fourth-order valence-electron chi connectivity index (χ4n) is 3.26. The molecule has 1 fully saturated rings. The van der Waals surface area contributed by atoms with Crippen molar-refractivity contribution in [3.05, 3.63) is 11.6 Å². The molecule has 114 valence electrons. The first-order chi connectivity index (χ1) is 10.0. The Morgan fingerprint density at radius 1 is 1.33 bits per heavy atom. The van der Waals surface area contributed by atoms with E-state index >= 15 is 0 Å². The van der Waals surface area contributed by atoms with Crippen LogP contribution in [0.2, 0.25) is 5.28 Å². The standard InChI is InChI=1S/C15H21ClN4O/c1-8(2)10-5-4-9(3)6-11(10)21-14-12-13(18-7-17-12)19-15(16)20-14/h7-11H,4-6H2,1-3H3,(H,17,18,19,20). The van der Waals surface area contributed by atoms with E-state index in [4.69, 9.17) is 16.3 Å². The van der Waals surface area contributed by atoms with E-state index in [0.29, 0.717) is 29.3 Å². The van der Waals surface area contributed by atoms with Crippen molar-refractivity contribution in [1.82, 2.24) is 19.9 Å². The number of aromatic amines is 1. The van der Waals surface area contributed by atoms with Crippen LogP contribution in [0.1, 0.15) is 40.0 Å². The second-order valence-electron chi connectivity index (χ2n) is 6.38. The van der Waals surface area contributed by atoms with Crippen molar-refractivity contribution < 1.29 is 4.74 Å². The highest BCUT2D eigenvalue weighted by atomic mass is 35.5. The minimum atomic E-state index is 0.172. The summed E-state index contributed by atoms with van der Waals surface area (Å²) in [7, 11) is 0. The van der Waals surface area contributed by atoms with Gasteiger partial charge in [-0.1, -0.05) is 27.2 Å². The van der Waals surface area contributed by atoms with Crippen LogP contribution in [0.5, 0.6) is 5.88 Å². The predicted octanol–water partition coefficient (Wildman–Crippen LogP) is 3.85. The molecule has 6 heteroatoms. The summed E-state index contributed by atoms with van der Waals surface area (Å²) in [5.74, 6) is 2.34. The Hall–Kier alpha value is -1.36. The number of hydrogen-bond acceptors (Lipinski definition) is 4. The van der Waals surface area contributed by atoms with Gasteiger partial charge in [0.05, 0.1) is 6.33 Å². The van der Waals surface area contributed by atoms with Gasteiger partial charge in [-0.05, 0) is 42.2 Å². The number of hydrogen-bond donors (Lipinski definition) is 1. The number of rotatable bonds is 3. The Balaban J connectivity index is 1.90. The molecule has 3 unspecified atom stereocenters. The molecule has 21 heavy (non-hydrogen) atoms. The first-order valence-electron chi connectivity index (χ1n) is 7.58. The second-order valence-corrected chi connectivity index (χ2v) is 6.72. The van der Waals surface area contributed by atoms with Crippen molar-refractivity contribution in [2.24, 2.45) is 17.8 Å². The fourth-order valence-corrected chi connectivity index (χ4v) is 3.42. The Morgan fingerprint density at radius 2 is 2.14 bits per heavy atom. The third-order valence-electron chi connectivity index (χ3n) is 4.45. The molecule has 0 saturated heterocycles. The highest BCUT2D eigenvalue weighted by molar-refractivity contribution is 6.28. The SMILES string of the molecule is CC1CCC(C(C)C)C(Oc2nc(Cl)nc3nc[nH]c23)C1. The van der Waals surface area contributed by atoms with E-state index in [1.165, 1.54) is 12.8 Å². The molecule has 1 aliphatic rings. The molecule has 2 aromatic heterocycles. The lowest BCUT2D eigenvalue weighted by atomic mass is 9.75. The van der Waals surface area contributed by atoms with E-state index in [1.54, 1.807) is 6.33 Å². The van der Waals surface area contributed by atoms with Crippen molar-refractivity contribution in [1.29, 1.82) is 0 Å². The van der Waals surface area contributed by atoms with Crippen LogP contribution >= 0.6 is 11.6 Å². The minimum absolute atomic E-state index is 0.172. The van der Waals surface area contributed by atoms with E-state index in [0.717, 1.165) is 11.9 Å². The molecule has 3 atom stereocenters. The van der Waals surface area contributed by atoms with Gasteiger partial charge in [0.2, 0.25) is 11.2 Å². The van der Waals surface area contributed by atoms with Gasteiger partial charge in [0.1, 0.15) is 11.6 Å².